The molecule has 0 aromatic carbocycles. The number of anilines is 2. The van der Waals surface area contributed by atoms with Crippen LogP contribution in [-0.2, 0) is 0 Å². The summed E-state index contributed by atoms with van der Waals surface area (Å²) < 4.78 is 1.43. The van der Waals surface area contributed by atoms with E-state index in [2.05, 4.69) is 36.6 Å². The summed E-state index contributed by atoms with van der Waals surface area (Å²) in [5.41, 5.74) is 18.0. The summed E-state index contributed by atoms with van der Waals surface area (Å²) in [7, 11) is 0. The van der Waals surface area contributed by atoms with Crippen LogP contribution in [0.2, 0.25) is 0 Å². The summed E-state index contributed by atoms with van der Waals surface area (Å²) in [6.45, 7) is 5.14. The molecule has 10 heteroatoms. The lowest BCUT2D eigenvalue weighted by molar-refractivity contribution is 0.808. The Morgan fingerprint density at radius 2 is 1.83 bits per heavy atom. The first kappa shape index (κ1) is 11.6. The topological polar surface area (TPSA) is 157 Å². The Hall–Kier alpha value is -2.91. The average molecular weight is 246 g/mol. The molecule has 0 aliphatic rings. The van der Waals surface area contributed by atoms with Crippen molar-refractivity contribution in [1.29, 1.82) is 5.53 Å². The van der Waals surface area contributed by atoms with E-state index in [9.17, 15) is 0 Å². The van der Waals surface area contributed by atoms with Crippen molar-refractivity contribution in [3.8, 4) is 0 Å². The molecule has 0 saturated carbocycles. The molecule has 0 aliphatic heterocycles. The zero-order valence-electron chi connectivity index (χ0n) is 9.49. The van der Waals surface area contributed by atoms with Gasteiger partial charge in [0.15, 0.2) is 5.82 Å². The van der Waals surface area contributed by atoms with Gasteiger partial charge >= 0.3 is 0 Å². The minimum absolute atomic E-state index is 0.0240. The first-order valence-electron chi connectivity index (χ1n) is 4.79. The van der Waals surface area contributed by atoms with Crippen LogP contribution in [0.5, 0.6) is 0 Å². The summed E-state index contributed by atoms with van der Waals surface area (Å²) >= 11 is 0. The third kappa shape index (κ3) is 1.98. The van der Waals surface area contributed by atoms with Crippen LogP contribution in [0.4, 0.5) is 11.9 Å². The third-order valence-corrected chi connectivity index (χ3v) is 2.00. The van der Waals surface area contributed by atoms with E-state index in [0.717, 1.165) is 0 Å². The van der Waals surface area contributed by atoms with Gasteiger partial charge in [-0.15, -0.1) is 5.11 Å². The number of aryl methyl sites for hydroxylation is 1. The van der Waals surface area contributed by atoms with Gasteiger partial charge < -0.3 is 11.5 Å². The van der Waals surface area contributed by atoms with Gasteiger partial charge in [0.05, 0.1) is 0 Å². The van der Waals surface area contributed by atoms with Gasteiger partial charge in [0, 0.05) is 0 Å². The van der Waals surface area contributed by atoms with Crippen molar-refractivity contribution in [2.45, 2.75) is 6.92 Å². The van der Waals surface area contributed by atoms with Gasteiger partial charge in [0.2, 0.25) is 23.3 Å². The predicted octanol–water partition coefficient (Wildman–Crippen LogP) is -0.605. The number of hydrogen-bond acceptors (Lipinski definition) is 9. The Bertz CT molecular complexity index is 706. The maximum Gasteiger partial charge on any atom is 0.244 e. The van der Waals surface area contributed by atoms with E-state index in [1.165, 1.54) is 4.40 Å². The molecular weight excluding hydrogens is 236 g/mol. The number of nitrogens with one attached hydrogen (secondary N) is 1. The van der Waals surface area contributed by atoms with Crippen LogP contribution in [0, 0.1) is 12.5 Å². The van der Waals surface area contributed by atoms with E-state index in [1.807, 2.05) is 0 Å². The molecule has 0 spiro atoms. The normalized spacial score (nSPS) is 11.7. The van der Waals surface area contributed by atoms with E-state index >= 15 is 0 Å². The molecule has 0 radical (unpaired) electrons. The Labute approximate surface area is 101 Å². The molecular formula is C8H10N10. The van der Waals surface area contributed by atoms with Crippen LogP contribution in [0.3, 0.4) is 0 Å². The summed E-state index contributed by atoms with van der Waals surface area (Å²) in [6, 6.07) is 0. The van der Waals surface area contributed by atoms with Gasteiger partial charge in [-0.05, 0) is 6.92 Å². The molecule has 2 heterocycles. The quantitative estimate of drug-likeness (QED) is 0.600. The van der Waals surface area contributed by atoms with Crippen molar-refractivity contribution in [1.82, 2.24) is 24.3 Å². The number of aromatic nitrogens is 5. The van der Waals surface area contributed by atoms with E-state index in [1.54, 1.807) is 6.92 Å². The van der Waals surface area contributed by atoms with Gasteiger partial charge in [0.25, 0.3) is 0 Å². The number of hydrogen-bond donors (Lipinski definition) is 3. The minimum Gasteiger partial charge on any atom is -0.368 e. The molecule has 18 heavy (non-hydrogen) atoms. The zero-order chi connectivity index (χ0) is 13.3. The van der Waals surface area contributed by atoms with Gasteiger partial charge in [-0.25, -0.2) is 9.93 Å². The zero-order valence-corrected chi connectivity index (χ0v) is 9.49. The fraction of sp³-hybridized carbons (Fsp3) is 0.125. The Balaban J connectivity index is 2.93. The summed E-state index contributed by atoms with van der Waals surface area (Å²) in [4.78, 5) is 19.6. The predicted molar refractivity (Wildman–Crippen MR) is 62.0 cm³/mol. The van der Waals surface area contributed by atoms with Crippen LogP contribution in [-0.4, -0.2) is 24.3 Å². The number of fused-ring (bicyclic) bond motifs is 1. The van der Waals surface area contributed by atoms with Crippen molar-refractivity contribution in [2.24, 2.45) is 10.1 Å². The molecule has 2 rings (SSSR count). The second-order valence-corrected chi connectivity index (χ2v) is 3.29. The number of nitrogens with zero attached hydrogens (tertiary/aromatic N) is 7. The minimum atomic E-state index is -0.0295. The number of rotatable bonds is 2. The summed E-state index contributed by atoms with van der Waals surface area (Å²) in [6.07, 6.45) is 0. The largest absolute Gasteiger partial charge is 0.368 e. The van der Waals surface area contributed by atoms with Gasteiger partial charge in [0.1, 0.15) is 5.82 Å². The second-order valence-electron chi connectivity index (χ2n) is 3.29. The highest BCUT2D eigenvalue weighted by Gasteiger charge is 2.06. The van der Waals surface area contributed by atoms with E-state index in [-0.39, 0.29) is 29.1 Å². The molecule has 92 valence electrons. The molecule has 10 nitrogen and oxygen atoms in total. The van der Waals surface area contributed by atoms with Crippen LogP contribution >= 0.6 is 0 Å². The lowest BCUT2D eigenvalue weighted by Gasteiger charge is -2.05. The lowest BCUT2D eigenvalue weighted by Crippen LogP contribution is -2.26. The van der Waals surface area contributed by atoms with Gasteiger partial charge in [-0.2, -0.15) is 24.9 Å². The maximum absolute atomic E-state index is 6.80. The lowest BCUT2D eigenvalue weighted by atomic mass is 10.6. The Morgan fingerprint density at radius 3 is 2.44 bits per heavy atom. The molecule has 0 aliphatic carbocycles. The second kappa shape index (κ2) is 4.16. The smallest absolute Gasteiger partial charge is 0.244 e. The number of nitrogen functional groups attached to an aromatic ring is 2. The van der Waals surface area contributed by atoms with Crippen molar-refractivity contribution in [3.63, 3.8) is 0 Å². The third-order valence-electron chi connectivity index (χ3n) is 2.00. The molecule has 0 atom stereocenters. The fourth-order valence-corrected chi connectivity index (χ4v) is 1.34. The standard InChI is InChI=1S/C8H10N10/c1-3(17-11)12-7-15-6(10)16-8-14-5(9)13-4(2)18(7)8/h11H,1H2,2H3,(H4,9,10,12,14,15,16). The van der Waals surface area contributed by atoms with Gasteiger partial charge in [-0.3, -0.25) is 0 Å². The monoisotopic (exact) mass is 246 g/mol. The van der Waals surface area contributed by atoms with E-state index in [4.69, 9.17) is 17.0 Å². The highest BCUT2D eigenvalue weighted by atomic mass is 15.3. The fourth-order valence-electron chi connectivity index (χ4n) is 1.34. The molecule has 5 N–H and O–H groups in total. The van der Waals surface area contributed by atoms with Crippen molar-refractivity contribution in [3.05, 3.63) is 23.8 Å². The van der Waals surface area contributed by atoms with Crippen molar-refractivity contribution >= 4 is 17.7 Å². The highest BCUT2D eigenvalue weighted by Crippen LogP contribution is 2.01. The molecule has 2 aromatic heterocycles. The van der Waals surface area contributed by atoms with E-state index < -0.39 is 0 Å². The Morgan fingerprint density at radius 1 is 1.22 bits per heavy atom. The number of nitrogens with two attached hydrogens (primary N) is 2. The van der Waals surface area contributed by atoms with Crippen LogP contribution in [0.1, 0.15) is 5.82 Å². The molecule has 0 unspecified atom stereocenters. The summed E-state index contributed by atoms with van der Waals surface area (Å²) in [5.74, 6) is 0.709. The maximum atomic E-state index is 6.80. The first-order valence-corrected chi connectivity index (χ1v) is 4.79. The highest BCUT2D eigenvalue weighted by molar-refractivity contribution is 5.37. The average Bonchev–Trinajstić information content (AvgIpc) is 2.26. The molecule has 0 fully saturated rings. The van der Waals surface area contributed by atoms with Crippen LogP contribution in [0.25, 0.3) is 5.78 Å². The first-order chi connectivity index (χ1) is 8.51. The molecule has 0 amide bonds. The molecule has 2 aromatic rings. The van der Waals surface area contributed by atoms with Crippen molar-refractivity contribution < 1.29 is 0 Å². The SMILES string of the molecule is C=C(N=N)N=c1nc(N)nc2nc(N)nc(C)n12. The van der Waals surface area contributed by atoms with Crippen LogP contribution in [0.15, 0.2) is 22.5 Å². The van der Waals surface area contributed by atoms with Crippen molar-refractivity contribution in [2.75, 3.05) is 11.5 Å². The summed E-state index contributed by atoms with van der Waals surface area (Å²) in [5, 5.41) is 3.08. The van der Waals surface area contributed by atoms with E-state index in [0.29, 0.717) is 5.82 Å². The van der Waals surface area contributed by atoms with Gasteiger partial charge in [-0.1, -0.05) is 6.58 Å². The molecule has 0 bridgehead atoms. The van der Waals surface area contributed by atoms with Crippen LogP contribution < -0.4 is 17.1 Å². The Kier molecular flexibility index (Phi) is 2.67. The molecule has 0 saturated heterocycles.